The maximum absolute atomic E-state index is 13.8. The third kappa shape index (κ3) is 5.30. The molecule has 35 heavy (non-hydrogen) atoms. The fourth-order valence-corrected chi connectivity index (χ4v) is 5.31. The number of amides is 2. The molecule has 0 aliphatic carbocycles. The maximum Gasteiger partial charge on any atom is 0.246 e. The van der Waals surface area contributed by atoms with Gasteiger partial charge in [0.1, 0.15) is 23.1 Å². The summed E-state index contributed by atoms with van der Waals surface area (Å²) in [6, 6.07) is 15.3. The number of piperazine rings is 1. The van der Waals surface area contributed by atoms with E-state index in [9.17, 15) is 9.59 Å². The number of benzene rings is 2. The first-order valence-corrected chi connectivity index (χ1v) is 12.5. The van der Waals surface area contributed by atoms with Crippen molar-refractivity contribution in [1.29, 1.82) is 0 Å². The van der Waals surface area contributed by atoms with Gasteiger partial charge in [-0.3, -0.25) is 14.5 Å². The number of carbonyl (C=O) groups excluding carboxylic acids is 2. The van der Waals surface area contributed by atoms with Gasteiger partial charge in [-0.15, -0.1) is 0 Å². The number of piperidine rings is 1. The van der Waals surface area contributed by atoms with E-state index >= 15 is 0 Å². The second-order valence-corrected chi connectivity index (χ2v) is 10.0. The van der Waals surface area contributed by atoms with Crippen molar-refractivity contribution < 1.29 is 19.1 Å². The van der Waals surface area contributed by atoms with E-state index in [0.717, 1.165) is 36.7 Å². The molecule has 0 aromatic heterocycles. The molecular formula is C28H37N3O4. The SMILES string of the molecule is COc1ccc(CN2CCC3(CC2)C(=O)NC(CC(C)C)C(=O)N3Cc2ccccc2OC)cc1. The highest BCUT2D eigenvalue weighted by Gasteiger charge is 2.53. The van der Waals surface area contributed by atoms with Crippen LogP contribution in [-0.4, -0.2) is 60.5 Å². The molecule has 1 spiro atoms. The predicted molar refractivity (Wildman–Crippen MR) is 135 cm³/mol. The summed E-state index contributed by atoms with van der Waals surface area (Å²) in [5.74, 6) is 1.86. The van der Waals surface area contributed by atoms with Crippen LogP contribution in [0.4, 0.5) is 0 Å². The van der Waals surface area contributed by atoms with Crippen molar-refractivity contribution in [1.82, 2.24) is 15.1 Å². The number of hydrogen-bond acceptors (Lipinski definition) is 5. The number of nitrogens with zero attached hydrogens (tertiary/aromatic N) is 2. The van der Waals surface area contributed by atoms with Gasteiger partial charge in [0.15, 0.2) is 0 Å². The Hall–Kier alpha value is -3.06. The second-order valence-electron chi connectivity index (χ2n) is 10.0. The molecule has 2 amide bonds. The van der Waals surface area contributed by atoms with E-state index in [1.165, 1.54) is 5.56 Å². The zero-order valence-corrected chi connectivity index (χ0v) is 21.3. The van der Waals surface area contributed by atoms with Crippen LogP contribution in [0.2, 0.25) is 0 Å². The first kappa shape index (κ1) is 25.0. The van der Waals surface area contributed by atoms with Crippen LogP contribution in [0.15, 0.2) is 48.5 Å². The standard InChI is InChI=1S/C28H37N3O4/c1-20(2)17-24-26(32)31(19-22-7-5-6-8-25(22)35-4)28(27(33)29-24)13-15-30(16-14-28)18-21-9-11-23(34-3)12-10-21/h5-12,20,24H,13-19H2,1-4H3,(H,29,33). The van der Waals surface area contributed by atoms with Gasteiger partial charge in [-0.2, -0.15) is 0 Å². The molecule has 2 aliphatic rings. The van der Waals surface area contributed by atoms with E-state index in [-0.39, 0.29) is 11.8 Å². The fraction of sp³-hybridized carbons (Fsp3) is 0.500. The highest BCUT2D eigenvalue weighted by Crippen LogP contribution is 2.36. The quantitative estimate of drug-likeness (QED) is 0.626. The Bertz CT molecular complexity index is 1030. The molecule has 2 fully saturated rings. The molecule has 2 aromatic rings. The van der Waals surface area contributed by atoms with Crippen molar-refractivity contribution in [2.75, 3.05) is 27.3 Å². The average Bonchev–Trinajstić information content (AvgIpc) is 2.86. The van der Waals surface area contributed by atoms with Gasteiger partial charge in [0.25, 0.3) is 0 Å². The second kappa shape index (κ2) is 10.7. The van der Waals surface area contributed by atoms with Crippen LogP contribution in [0, 0.1) is 5.92 Å². The summed E-state index contributed by atoms with van der Waals surface area (Å²) in [6.07, 6.45) is 1.83. The molecule has 0 bridgehead atoms. The summed E-state index contributed by atoms with van der Waals surface area (Å²) in [5, 5.41) is 3.09. The van der Waals surface area contributed by atoms with E-state index in [1.807, 2.05) is 41.3 Å². The van der Waals surface area contributed by atoms with Crippen molar-refractivity contribution in [2.24, 2.45) is 5.92 Å². The monoisotopic (exact) mass is 479 g/mol. The molecule has 1 unspecified atom stereocenters. The number of methoxy groups -OCH3 is 2. The molecule has 7 heteroatoms. The summed E-state index contributed by atoms with van der Waals surface area (Å²) >= 11 is 0. The molecule has 2 saturated heterocycles. The van der Waals surface area contributed by atoms with Crippen LogP contribution < -0.4 is 14.8 Å². The molecular weight excluding hydrogens is 442 g/mol. The predicted octanol–water partition coefficient (Wildman–Crippen LogP) is 3.61. The first-order valence-electron chi connectivity index (χ1n) is 12.5. The Labute approximate surface area is 208 Å². The molecule has 2 aliphatic heterocycles. The van der Waals surface area contributed by atoms with Gasteiger partial charge < -0.3 is 19.7 Å². The topological polar surface area (TPSA) is 71.1 Å². The van der Waals surface area contributed by atoms with Crippen molar-refractivity contribution >= 4 is 11.8 Å². The third-order valence-electron chi connectivity index (χ3n) is 7.29. The minimum atomic E-state index is -0.845. The summed E-state index contributed by atoms with van der Waals surface area (Å²) in [5.41, 5.74) is 1.28. The number of likely N-dealkylation sites (tertiary alicyclic amines) is 1. The first-order chi connectivity index (χ1) is 16.9. The smallest absolute Gasteiger partial charge is 0.246 e. The Morgan fingerprint density at radius 2 is 1.66 bits per heavy atom. The fourth-order valence-electron chi connectivity index (χ4n) is 5.31. The Morgan fingerprint density at radius 3 is 2.29 bits per heavy atom. The van der Waals surface area contributed by atoms with Gasteiger partial charge in [0.05, 0.1) is 20.8 Å². The van der Waals surface area contributed by atoms with Gasteiger partial charge in [-0.1, -0.05) is 44.2 Å². The summed E-state index contributed by atoms with van der Waals surface area (Å²) in [6.45, 7) is 6.80. The Morgan fingerprint density at radius 1 is 0.971 bits per heavy atom. The molecule has 0 radical (unpaired) electrons. The highest BCUT2D eigenvalue weighted by molar-refractivity contribution is 6.00. The van der Waals surface area contributed by atoms with E-state index in [2.05, 4.69) is 36.2 Å². The van der Waals surface area contributed by atoms with Crippen molar-refractivity contribution in [2.45, 2.75) is 57.8 Å². The van der Waals surface area contributed by atoms with Crippen LogP contribution in [0.3, 0.4) is 0 Å². The van der Waals surface area contributed by atoms with Crippen LogP contribution in [0.5, 0.6) is 11.5 Å². The van der Waals surface area contributed by atoms with Crippen LogP contribution in [0.25, 0.3) is 0 Å². The van der Waals surface area contributed by atoms with Crippen LogP contribution >= 0.6 is 0 Å². The Kier molecular flexibility index (Phi) is 7.65. The van der Waals surface area contributed by atoms with Crippen LogP contribution in [0.1, 0.15) is 44.2 Å². The van der Waals surface area contributed by atoms with Crippen LogP contribution in [-0.2, 0) is 22.7 Å². The van der Waals surface area contributed by atoms with Crippen molar-refractivity contribution in [3.05, 3.63) is 59.7 Å². The number of hydrogen-bond donors (Lipinski definition) is 1. The van der Waals surface area contributed by atoms with Gasteiger partial charge in [-0.25, -0.2) is 0 Å². The minimum absolute atomic E-state index is 0.00723. The maximum atomic E-state index is 13.8. The number of para-hydroxylation sites is 1. The Balaban J connectivity index is 1.55. The third-order valence-corrected chi connectivity index (χ3v) is 7.29. The molecule has 2 heterocycles. The number of rotatable bonds is 8. The normalized spacial score (nSPS) is 20.3. The minimum Gasteiger partial charge on any atom is -0.497 e. The van der Waals surface area contributed by atoms with E-state index in [1.54, 1.807) is 14.2 Å². The highest BCUT2D eigenvalue weighted by atomic mass is 16.5. The molecule has 4 rings (SSSR count). The van der Waals surface area contributed by atoms with Gasteiger partial charge in [0.2, 0.25) is 11.8 Å². The average molecular weight is 480 g/mol. The molecule has 0 saturated carbocycles. The lowest BCUT2D eigenvalue weighted by Gasteiger charge is -2.52. The summed E-state index contributed by atoms with van der Waals surface area (Å²) < 4.78 is 10.8. The zero-order valence-electron chi connectivity index (χ0n) is 21.3. The zero-order chi connectivity index (χ0) is 25.0. The van der Waals surface area contributed by atoms with E-state index in [4.69, 9.17) is 9.47 Å². The number of carbonyl (C=O) groups is 2. The van der Waals surface area contributed by atoms with Gasteiger partial charge in [0, 0.05) is 25.2 Å². The molecule has 7 nitrogen and oxygen atoms in total. The molecule has 2 aromatic carbocycles. The van der Waals surface area contributed by atoms with Crippen molar-refractivity contribution in [3.63, 3.8) is 0 Å². The number of ether oxygens (including phenoxy) is 2. The largest absolute Gasteiger partial charge is 0.497 e. The van der Waals surface area contributed by atoms with Crippen molar-refractivity contribution in [3.8, 4) is 11.5 Å². The molecule has 1 atom stereocenters. The van der Waals surface area contributed by atoms with E-state index in [0.29, 0.717) is 31.7 Å². The lowest BCUT2D eigenvalue weighted by Crippen LogP contribution is -2.72. The van der Waals surface area contributed by atoms with Gasteiger partial charge >= 0.3 is 0 Å². The summed E-state index contributed by atoms with van der Waals surface area (Å²) in [7, 11) is 3.30. The van der Waals surface area contributed by atoms with E-state index < -0.39 is 11.6 Å². The molecule has 1 N–H and O–H groups in total. The number of nitrogens with one attached hydrogen (secondary N) is 1. The summed E-state index contributed by atoms with van der Waals surface area (Å²) in [4.78, 5) is 31.6. The molecule has 188 valence electrons. The lowest BCUT2D eigenvalue weighted by molar-refractivity contribution is -0.162. The van der Waals surface area contributed by atoms with Gasteiger partial charge in [-0.05, 0) is 48.9 Å². The lowest BCUT2D eigenvalue weighted by atomic mass is 9.80.